The fourth-order valence-corrected chi connectivity index (χ4v) is 8.67. The third kappa shape index (κ3) is 4.77. The summed E-state index contributed by atoms with van der Waals surface area (Å²) in [6.45, 7) is 4.72. The Balaban J connectivity index is 1.18. The van der Waals surface area contributed by atoms with Gasteiger partial charge >= 0.3 is 0 Å². The molecule has 9 aromatic rings. The van der Waals surface area contributed by atoms with Crippen molar-refractivity contribution in [3.63, 3.8) is 0 Å². The molecule has 0 aromatic heterocycles. The Bertz CT molecular complexity index is 2830. The highest BCUT2D eigenvalue weighted by Crippen LogP contribution is 2.51. The number of fused-ring (bicyclic) bond motifs is 7. The first-order chi connectivity index (χ1) is 25.5. The van der Waals surface area contributed by atoms with Gasteiger partial charge in [-0.25, -0.2) is 0 Å². The minimum absolute atomic E-state index is 0.107. The maximum absolute atomic E-state index is 2.45. The van der Waals surface area contributed by atoms with Crippen LogP contribution < -0.4 is 4.90 Å². The Hall–Kier alpha value is -6.44. The van der Waals surface area contributed by atoms with Crippen LogP contribution in [0.2, 0.25) is 0 Å². The Kier molecular flexibility index (Phi) is 6.91. The van der Waals surface area contributed by atoms with E-state index in [2.05, 4.69) is 207 Å². The van der Waals surface area contributed by atoms with E-state index in [0.29, 0.717) is 0 Å². The Morgan fingerprint density at radius 2 is 0.865 bits per heavy atom. The SMILES string of the molecule is CC1(C)c2ccccc2-c2ccc(N(c3cccc(-c4cccc5ccccc45)c3)c3cccc(-c4cc5ccccc5c5ccccc45)c3)cc21. The molecule has 0 atom stereocenters. The molecule has 1 aliphatic rings. The normalized spacial score (nSPS) is 13.0. The topological polar surface area (TPSA) is 3.24 Å². The molecular formula is C51H37N. The van der Waals surface area contributed by atoms with Gasteiger partial charge in [0, 0.05) is 22.5 Å². The first kappa shape index (κ1) is 30.4. The fourth-order valence-electron chi connectivity index (χ4n) is 8.67. The lowest BCUT2D eigenvalue weighted by atomic mass is 9.82. The molecule has 0 saturated carbocycles. The van der Waals surface area contributed by atoms with Gasteiger partial charge in [0.25, 0.3) is 0 Å². The third-order valence-corrected chi connectivity index (χ3v) is 11.2. The van der Waals surface area contributed by atoms with Gasteiger partial charge in [0.1, 0.15) is 0 Å². The highest BCUT2D eigenvalue weighted by molar-refractivity contribution is 6.14. The number of anilines is 3. The fraction of sp³-hybridized carbons (Fsp3) is 0.0588. The summed E-state index contributed by atoms with van der Waals surface area (Å²) in [5, 5.41) is 7.59. The van der Waals surface area contributed by atoms with Crippen LogP contribution in [0.25, 0.3) is 65.7 Å². The van der Waals surface area contributed by atoms with Gasteiger partial charge in [-0.15, -0.1) is 0 Å². The molecule has 0 aliphatic heterocycles. The van der Waals surface area contributed by atoms with Gasteiger partial charge in [-0.3, -0.25) is 0 Å². The molecule has 1 heteroatoms. The van der Waals surface area contributed by atoms with Crippen molar-refractivity contribution in [2.24, 2.45) is 0 Å². The molecule has 0 spiro atoms. The number of rotatable bonds is 5. The van der Waals surface area contributed by atoms with Crippen molar-refractivity contribution in [2.45, 2.75) is 19.3 Å². The predicted octanol–water partition coefficient (Wildman–Crippen LogP) is 14.3. The summed E-state index contributed by atoms with van der Waals surface area (Å²) < 4.78 is 0. The Morgan fingerprint density at radius 1 is 0.327 bits per heavy atom. The van der Waals surface area contributed by atoms with Gasteiger partial charge in [-0.1, -0.05) is 159 Å². The van der Waals surface area contributed by atoms with Crippen LogP contribution in [0.15, 0.2) is 188 Å². The lowest BCUT2D eigenvalue weighted by Gasteiger charge is -2.29. The van der Waals surface area contributed by atoms with E-state index in [1.807, 2.05) is 0 Å². The van der Waals surface area contributed by atoms with Gasteiger partial charge in [-0.2, -0.15) is 0 Å². The zero-order valence-electron chi connectivity index (χ0n) is 29.3. The standard InChI is InChI=1S/C51H37N/c1-51(2)49-27-10-9-25-46(49)47-29-28-40(33-50(47)51)52(38-19-11-17-35(30-38)42-26-13-16-34-14-3-5-21-41(34)42)39-20-12-18-36(31-39)48-32-37-15-4-6-22-43(37)44-23-7-8-24-45(44)48/h3-33H,1-2H3. The van der Waals surface area contributed by atoms with Crippen molar-refractivity contribution in [1.82, 2.24) is 0 Å². The Morgan fingerprint density at radius 3 is 1.65 bits per heavy atom. The summed E-state index contributed by atoms with van der Waals surface area (Å²) in [7, 11) is 0. The van der Waals surface area contributed by atoms with Crippen molar-refractivity contribution < 1.29 is 0 Å². The summed E-state index contributed by atoms with van der Waals surface area (Å²) in [5.74, 6) is 0. The van der Waals surface area contributed by atoms with E-state index in [9.17, 15) is 0 Å². The minimum Gasteiger partial charge on any atom is -0.310 e. The van der Waals surface area contributed by atoms with E-state index in [0.717, 1.165) is 17.1 Å². The molecule has 0 amide bonds. The summed E-state index contributed by atoms with van der Waals surface area (Å²) in [5.41, 5.74) is 13.6. The van der Waals surface area contributed by atoms with E-state index in [1.165, 1.54) is 76.8 Å². The highest BCUT2D eigenvalue weighted by Gasteiger charge is 2.35. The van der Waals surface area contributed by atoms with Crippen molar-refractivity contribution in [1.29, 1.82) is 0 Å². The second-order valence-electron chi connectivity index (χ2n) is 14.6. The molecular weight excluding hydrogens is 627 g/mol. The number of benzene rings is 9. The molecule has 0 fully saturated rings. The van der Waals surface area contributed by atoms with Crippen LogP contribution in [0.3, 0.4) is 0 Å². The van der Waals surface area contributed by atoms with Crippen LogP contribution in [-0.2, 0) is 5.41 Å². The van der Waals surface area contributed by atoms with E-state index < -0.39 is 0 Å². The van der Waals surface area contributed by atoms with E-state index in [4.69, 9.17) is 0 Å². The maximum atomic E-state index is 2.45. The van der Waals surface area contributed by atoms with Gasteiger partial charge < -0.3 is 4.90 Å². The van der Waals surface area contributed by atoms with Crippen LogP contribution in [0.5, 0.6) is 0 Å². The highest BCUT2D eigenvalue weighted by atomic mass is 15.1. The molecule has 0 saturated heterocycles. The molecule has 1 nitrogen and oxygen atoms in total. The van der Waals surface area contributed by atoms with Gasteiger partial charge in [0.2, 0.25) is 0 Å². The molecule has 0 unspecified atom stereocenters. The zero-order valence-corrected chi connectivity index (χ0v) is 29.3. The molecule has 0 heterocycles. The molecule has 1 aliphatic carbocycles. The van der Waals surface area contributed by atoms with Crippen LogP contribution in [0.4, 0.5) is 17.1 Å². The molecule has 0 radical (unpaired) electrons. The summed E-state index contributed by atoms with van der Waals surface area (Å²) >= 11 is 0. The summed E-state index contributed by atoms with van der Waals surface area (Å²) in [4.78, 5) is 2.45. The zero-order chi connectivity index (χ0) is 34.8. The molecule has 0 N–H and O–H groups in total. The largest absolute Gasteiger partial charge is 0.310 e. The average molecular weight is 664 g/mol. The van der Waals surface area contributed by atoms with E-state index in [-0.39, 0.29) is 5.41 Å². The number of nitrogens with zero attached hydrogens (tertiary/aromatic N) is 1. The van der Waals surface area contributed by atoms with Gasteiger partial charge in [0.15, 0.2) is 0 Å². The second-order valence-corrected chi connectivity index (χ2v) is 14.6. The maximum Gasteiger partial charge on any atom is 0.0467 e. The lowest BCUT2D eigenvalue weighted by molar-refractivity contribution is 0.660. The minimum atomic E-state index is -0.107. The summed E-state index contributed by atoms with van der Waals surface area (Å²) in [6, 6.07) is 69.3. The number of hydrogen-bond donors (Lipinski definition) is 0. The van der Waals surface area contributed by atoms with E-state index in [1.54, 1.807) is 0 Å². The van der Waals surface area contributed by atoms with Gasteiger partial charge in [-0.05, 0) is 119 Å². The van der Waals surface area contributed by atoms with Crippen molar-refractivity contribution in [2.75, 3.05) is 4.90 Å². The molecule has 246 valence electrons. The first-order valence-corrected chi connectivity index (χ1v) is 18.2. The number of hydrogen-bond acceptors (Lipinski definition) is 1. The van der Waals surface area contributed by atoms with Crippen LogP contribution in [0.1, 0.15) is 25.0 Å². The smallest absolute Gasteiger partial charge is 0.0467 e. The second kappa shape index (κ2) is 11.8. The third-order valence-electron chi connectivity index (χ3n) is 11.2. The Labute approximate surface area is 305 Å². The predicted molar refractivity (Wildman–Crippen MR) is 222 cm³/mol. The quantitative estimate of drug-likeness (QED) is 0.166. The lowest BCUT2D eigenvalue weighted by Crippen LogP contribution is -2.16. The summed E-state index contributed by atoms with van der Waals surface area (Å²) in [6.07, 6.45) is 0. The van der Waals surface area contributed by atoms with Crippen LogP contribution in [0, 0.1) is 0 Å². The van der Waals surface area contributed by atoms with E-state index >= 15 is 0 Å². The monoisotopic (exact) mass is 663 g/mol. The van der Waals surface area contributed by atoms with Crippen molar-refractivity contribution >= 4 is 49.4 Å². The van der Waals surface area contributed by atoms with Crippen LogP contribution >= 0.6 is 0 Å². The van der Waals surface area contributed by atoms with Crippen molar-refractivity contribution in [3.8, 4) is 33.4 Å². The molecule has 9 aromatic carbocycles. The molecule has 52 heavy (non-hydrogen) atoms. The molecule has 0 bridgehead atoms. The molecule has 10 rings (SSSR count). The van der Waals surface area contributed by atoms with Gasteiger partial charge in [0.05, 0.1) is 0 Å². The van der Waals surface area contributed by atoms with Crippen LogP contribution in [-0.4, -0.2) is 0 Å². The average Bonchev–Trinajstić information content (AvgIpc) is 3.43. The van der Waals surface area contributed by atoms with Crippen molar-refractivity contribution in [3.05, 3.63) is 199 Å². The first-order valence-electron chi connectivity index (χ1n) is 18.2.